The summed E-state index contributed by atoms with van der Waals surface area (Å²) in [5.74, 6) is 0.176. The van der Waals surface area contributed by atoms with E-state index in [1.54, 1.807) is 11.8 Å². The van der Waals surface area contributed by atoms with Gasteiger partial charge in [-0.15, -0.1) is 11.8 Å². The van der Waals surface area contributed by atoms with Gasteiger partial charge in [-0.25, -0.2) is 9.98 Å². The quantitative estimate of drug-likeness (QED) is 0.163. The predicted molar refractivity (Wildman–Crippen MR) is 206 cm³/mol. The van der Waals surface area contributed by atoms with Crippen LogP contribution in [0.1, 0.15) is 56.7 Å². The number of benzene rings is 3. The maximum absolute atomic E-state index is 9.55. The summed E-state index contributed by atoms with van der Waals surface area (Å²) in [6.07, 6.45) is 11.3. The Hall–Kier alpha value is -5.00. The number of hydrogen-bond donors (Lipinski definition) is 1. The first kappa shape index (κ1) is 24.2. The number of rotatable bonds is 6. The second kappa shape index (κ2) is 17.2. The Morgan fingerprint density at radius 3 is 2.69 bits per heavy atom. The van der Waals surface area contributed by atoms with Crippen molar-refractivity contribution >= 4 is 29.6 Å². The van der Waals surface area contributed by atoms with Gasteiger partial charge in [-0.05, 0) is 85.2 Å². The highest BCUT2D eigenvalue weighted by molar-refractivity contribution is 7.99. The number of para-hydroxylation sites is 1. The van der Waals surface area contributed by atoms with Crippen molar-refractivity contribution in [3.63, 3.8) is 0 Å². The molecule has 0 radical (unpaired) electrons. The van der Waals surface area contributed by atoms with Crippen LogP contribution < -0.4 is 4.74 Å². The van der Waals surface area contributed by atoms with Crippen molar-refractivity contribution < 1.29 is 17.1 Å². The summed E-state index contributed by atoms with van der Waals surface area (Å²) in [5, 5.41) is 9.51. The Morgan fingerprint density at radius 1 is 1.04 bits per heavy atom. The van der Waals surface area contributed by atoms with E-state index in [0.29, 0.717) is 23.3 Å². The van der Waals surface area contributed by atoms with Crippen LogP contribution in [-0.4, -0.2) is 30.2 Å². The normalized spacial score (nSPS) is 24.8. The van der Waals surface area contributed by atoms with E-state index in [4.69, 9.17) is 25.7 Å². The molecule has 0 fully saturated rings. The number of fused-ring (bicyclic) bond motifs is 2. The van der Waals surface area contributed by atoms with Gasteiger partial charge in [0.05, 0.1) is 9.60 Å². The molecule has 3 aromatic rings. The predicted octanol–water partition coefficient (Wildman–Crippen LogP) is 10.7. The number of amidine groups is 2. The molecule has 0 spiro atoms. The molecule has 2 heterocycles. The lowest BCUT2D eigenvalue weighted by molar-refractivity contribution is 0.352. The van der Waals surface area contributed by atoms with E-state index >= 15 is 0 Å². The number of hydrogen-bond acceptors (Lipinski definition) is 3. The SMILES string of the molecule is [2H]C\C([2H])=C([2H])/C1=C(C[2H])/C(C(N=Cc2ccccc2)=NC(=N)/C2=C/C=C(/C(C)=C/C=C\C)CSc3ccccc3C2)=C(/[2H])Cc2c([2H])c([2H])c([2H])c([2H])c2OC1. The van der Waals surface area contributed by atoms with Crippen molar-refractivity contribution in [2.75, 3.05) is 12.4 Å². The second-order valence-electron chi connectivity index (χ2n) is 10.9. The van der Waals surface area contributed by atoms with Crippen molar-refractivity contribution in [2.24, 2.45) is 9.98 Å². The van der Waals surface area contributed by atoms with Crippen LogP contribution in [-0.2, 0) is 12.8 Å². The lowest BCUT2D eigenvalue weighted by Gasteiger charge is -2.14. The molecule has 5 heteroatoms. The van der Waals surface area contributed by atoms with Crippen LogP contribution in [0.15, 0.2) is 176 Å². The van der Waals surface area contributed by atoms with E-state index in [1.807, 2.05) is 98.8 Å². The van der Waals surface area contributed by atoms with Gasteiger partial charge in [0.2, 0.25) is 0 Å². The maximum Gasteiger partial charge on any atom is 0.161 e. The topological polar surface area (TPSA) is 57.8 Å². The van der Waals surface area contributed by atoms with E-state index in [0.717, 1.165) is 21.6 Å². The fraction of sp³-hybridized carbons (Fsp3) is 0.186. The molecule has 48 heavy (non-hydrogen) atoms. The number of nitrogens with one attached hydrogen (secondary N) is 1. The first-order valence-corrected chi connectivity index (χ1v) is 16.4. The van der Waals surface area contributed by atoms with Crippen molar-refractivity contribution in [2.45, 2.75) is 45.4 Å². The van der Waals surface area contributed by atoms with Crippen LogP contribution in [0.5, 0.6) is 5.75 Å². The summed E-state index contributed by atoms with van der Waals surface area (Å²) in [4.78, 5) is 10.6. The Labute approximate surface area is 302 Å². The van der Waals surface area contributed by atoms with Crippen molar-refractivity contribution in [1.29, 1.82) is 5.41 Å². The van der Waals surface area contributed by atoms with Gasteiger partial charge in [0.15, 0.2) is 11.7 Å². The maximum atomic E-state index is 9.55. The van der Waals surface area contributed by atoms with Gasteiger partial charge >= 0.3 is 0 Å². The minimum absolute atomic E-state index is 0.00950. The van der Waals surface area contributed by atoms with Crippen LogP contribution in [0.25, 0.3) is 0 Å². The van der Waals surface area contributed by atoms with Gasteiger partial charge in [-0.2, -0.15) is 0 Å². The summed E-state index contributed by atoms with van der Waals surface area (Å²) >= 11 is 1.71. The molecule has 0 aromatic heterocycles. The molecule has 5 rings (SSSR count). The molecule has 0 amide bonds. The molecule has 2 aliphatic rings. The molecule has 0 saturated heterocycles. The minimum atomic E-state index is -0.554. The highest BCUT2D eigenvalue weighted by Gasteiger charge is 2.19. The van der Waals surface area contributed by atoms with Gasteiger partial charge in [0, 0.05) is 37.2 Å². The zero-order valence-electron chi connectivity index (χ0n) is 36.1. The molecule has 0 saturated carbocycles. The highest BCUT2D eigenvalue weighted by Crippen LogP contribution is 2.31. The minimum Gasteiger partial charge on any atom is -0.489 e. The largest absolute Gasteiger partial charge is 0.489 e. The fourth-order valence-electron chi connectivity index (χ4n) is 4.89. The lowest BCUT2D eigenvalue weighted by Crippen LogP contribution is -2.11. The number of nitrogens with zero attached hydrogens (tertiary/aromatic N) is 2. The molecule has 3 aromatic carbocycles. The third-order valence-electron chi connectivity index (χ3n) is 7.58. The summed E-state index contributed by atoms with van der Waals surface area (Å²) < 4.78 is 83.5. The Balaban J connectivity index is 1.82. The number of ether oxygens (including phenoxy) is 1. The van der Waals surface area contributed by atoms with E-state index in [2.05, 4.69) is 0 Å². The summed E-state index contributed by atoms with van der Waals surface area (Å²) in [5.41, 5.74) is 4.31. The molecular formula is C43H43N3OS. The average Bonchev–Trinajstić information content (AvgIpc) is 3.36. The summed E-state index contributed by atoms with van der Waals surface area (Å²) in [6, 6.07) is 14.1. The summed E-state index contributed by atoms with van der Waals surface area (Å²) in [6.45, 7) is 2.40. The smallest absolute Gasteiger partial charge is 0.161 e. The van der Waals surface area contributed by atoms with Crippen molar-refractivity contribution in [3.05, 3.63) is 177 Å². The molecule has 2 aliphatic heterocycles. The lowest BCUT2D eigenvalue weighted by atomic mass is 9.98. The van der Waals surface area contributed by atoms with Crippen LogP contribution >= 0.6 is 11.8 Å². The van der Waals surface area contributed by atoms with Crippen LogP contribution in [0, 0.1) is 5.41 Å². The van der Waals surface area contributed by atoms with Crippen LogP contribution in [0.2, 0.25) is 0 Å². The molecule has 0 unspecified atom stereocenters. The Morgan fingerprint density at radius 2 is 1.85 bits per heavy atom. The second-order valence-corrected chi connectivity index (χ2v) is 11.9. The van der Waals surface area contributed by atoms with Gasteiger partial charge in [0.1, 0.15) is 12.4 Å². The van der Waals surface area contributed by atoms with E-state index in [-0.39, 0.29) is 58.2 Å². The van der Waals surface area contributed by atoms with Gasteiger partial charge in [0.25, 0.3) is 0 Å². The van der Waals surface area contributed by atoms with E-state index in [1.165, 1.54) is 6.21 Å². The molecular weight excluding hydrogens is 607 g/mol. The molecule has 4 nitrogen and oxygen atoms in total. The molecule has 0 atom stereocenters. The first-order chi connectivity index (χ1) is 27.4. The Bertz CT molecular complexity index is 2340. The fourth-order valence-corrected chi connectivity index (χ4v) is 6.02. The third kappa shape index (κ3) is 9.08. The zero-order chi connectivity index (χ0) is 41.2. The molecule has 0 aliphatic carbocycles. The average molecular weight is 659 g/mol. The van der Waals surface area contributed by atoms with Crippen molar-refractivity contribution in [1.82, 2.24) is 0 Å². The molecule has 0 bridgehead atoms. The molecule has 1 N–H and O–H groups in total. The van der Waals surface area contributed by atoms with E-state index < -0.39 is 50.6 Å². The third-order valence-corrected chi connectivity index (χ3v) is 8.75. The van der Waals surface area contributed by atoms with Crippen LogP contribution in [0.4, 0.5) is 0 Å². The Kier molecular flexibility index (Phi) is 8.69. The van der Waals surface area contributed by atoms with E-state index in [9.17, 15) is 6.78 Å². The number of thioether (sulfide) groups is 1. The molecule has 242 valence electrons. The monoisotopic (exact) mass is 658 g/mol. The zero-order valence-corrected chi connectivity index (χ0v) is 27.9. The number of aliphatic imine (C=N–C) groups is 2. The van der Waals surface area contributed by atoms with Crippen molar-refractivity contribution in [3.8, 4) is 5.75 Å². The standard InChI is InChI=1S/C43H43N3OS/c1-5-7-16-31(3)38-24-23-36(27-35-20-12-14-22-41(35)48-30-38)42(44)46-43(45-28-33-17-9-8-10-18-33)39-26-25-34-19-11-13-21-40(34)47-29-37(15-6-2)32(39)4/h5-24,26,28,44H,25,27,29-30H2,1-4H3/b7-5-,15-6-,31-16+,36-23+,37-32-,38-24+,39-26+,44-42?,45-28?,46-43?/i2D,4D,6D,11D,13D,15D,19D,21D,26D. The summed E-state index contributed by atoms with van der Waals surface area (Å²) in [7, 11) is 0. The van der Waals surface area contributed by atoms with Gasteiger partial charge in [-0.3, -0.25) is 5.41 Å². The van der Waals surface area contributed by atoms with Crippen LogP contribution in [0.3, 0.4) is 0 Å². The van der Waals surface area contributed by atoms with Gasteiger partial charge in [-0.1, -0.05) is 115 Å². The van der Waals surface area contributed by atoms with Gasteiger partial charge < -0.3 is 4.74 Å². The first-order valence-electron chi connectivity index (χ1n) is 20.4. The highest BCUT2D eigenvalue weighted by atomic mass is 32.2. The number of allylic oxidation sites excluding steroid dienone is 8.